The van der Waals surface area contributed by atoms with E-state index in [4.69, 9.17) is 11.6 Å². The molecule has 1 atom stereocenters. The summed E-state index contributed by atoms with van der Waals surface area (Å²) in [6.07, 6.45) is 1.95. The Hall–Kier alpha value is -0.770. The molecular weight excluding hydrogens is 240 g/mol. The molecule has 1 rings (SSSR count). The fourth-order valence-corrected chi connectivity index (χ4v) is 2.51. The quantitative estimate of drug-likeness (QED) is 0.719. The molecule has 1 aliphatic heterocycles. The standard InChI is InChI=1S/C12H21ClN2O2/c1-9(2)15(10(3)16)8-11-5-4-6-14(11)12(17)7-13/h9,11H,4-8H2,1-3H3/t11-/m0/s1. The van der Waals surface area contributed by atoms with Crippen LogP contribution in [0.1, 0.15) is 33.6 Å². The van der Waals surface area contributed by atoms with E-state index in [0.29, 0.717) is 6.54 Å². The van der Waals surface area contributed by atoms with Crippen LogP contribution >= 0.6 is 11.6 Å². The van der Waals surface area contributed by atoms with Crippen molar-refractivity contribution >= 4 is 23.4 Å². The van der Waals surface area contributed by atoms with Crippen molar-refractivity contribution in [3.05, 3.63) is 0 Å². The highest BCUT2D eigenvalue weighted by Crippen LogP contribution is 2.19. The number of hydrogen-bond donors (Lipinski definition) is 0. The van der Waals surface area contributed by atoms with E-state index in [-0.39, 0.29) is 29.8 Å². The Kier molecular flexibility index (Phi) is 5.25. The van der Waals surface area contributed by atoms with Crippen molar-refractivity contribution in [2.45, 2.75) is 45.7 Å². The first-order valence-electron chi connectivity index (χ1n) is 6.10. The minimum Gasteiger partial charge on any atom is -0.338 e. The fraction of sp³-hybridized carbons (Fsp3) is 0.833. The number of carbonyl (C=O) groups excluding carboxylic acids is 2. The van der Waals surface area contributed by atoms with Crippen molar-refractivity contribution in [3.8, 4) is 0 Å². The molecule has 1 heterocycles. The van der Waals surface area contributed by atoms with Crippen LogP contribution in [0, 0.1) is 0 Å². The van der Waals surface area contributed by atoms with Crippen molar-refractivity contribution in [3.63, 3.8) is 0 Å². The Balaban J connectivity index is 2.65. The average molecular weight is 261 g/mol. The number of nitrogens with zero attached hydrogens (tertiary/aromatic N) is 2. The highest BCUT2D eigenvalue weighted by atomic mass is 35.5. The van der Waals surface area contributed by atoms with Crippen LogP contribution < -0.4 is 0 Å². The van der Waals surface area contributed by atoms with Gasteiger partial charge in [0.25, 0.3) is 0 Å². The summed E-state index contributed by atoms with van der Waals surface area (Å²) in [5.74, 6) is 0.0599. The molecule has 0 saturated carbocycles. The molecule has 2 amide bonds. The molecule has 0 N–H and O–H groups in total. The van der Waals surface area contributed by atoms with Gasteiger partial charge >= 0.3 is 0 Å². The molecule has 0 aromatic rings. The summed E-state index contributed by atoms with van der Waals surface area (Å²) in [5.41, 5.74) is 0. The summed E-state index contributed by atoms with van der Waals surface area (Å²) in [6, 6.07) is 0.300. The van der Waals surface area contributed by atoms with E-state index in [1.165, 1.54) is 0 Å². The lowest BCUT2D eigenvalue weighted by Crippen LogP contribution is -2.47. The lowest BCUT2D eigenvalue weighted by atomic mass is 10.2. The van der Waals surface area contributed by atoms with E-state index in [0.717, 1.165) is 19.4 Å². The number of carbonyl (C=O) groups is 2. The first kappa shape index (κ1) is 14.3. The average Bonchev–Trinajstić information content (AvgIpc) is 2.71. The second-order valence-electron chi connectivity index (χ2n) is 4.78. The summed E-state index contributed by atoms with van der Waals surface area (Å²) in [6.45, 7) is 6.94. The van der Waals surface area contributed by atoms with Gasteiger partial charge < -0.3 is 9.80 Å². The van der Waals surface area contributed by atoms with Crippen molar-refractivity contribution in [1.29, 1.82) is 0 Å². The lowest BCUT2D eigenvalue weighted by molar-refractivity contribution is -0.135. The number of rotatable bonds is 4. The molecule has 0 aromatic carbocycles. The first-order chi connectivity index (χ1) is 7.97. The summed E-state index contributed by atoms with van der Waals surface area (Å²) in [7, 11) is 0. The van der Waals surface area contributed by atoms with E-state index in [2.05, 4.69) is 0 Å². The maximum absolute atomic E-state index is 11.6. The molecule has 1 aliphatic rings. The summed E-state index contributed by atoms with van der Waals surface area (Å²) in [4.78, 5) is 26.8. The van der Waals surface area contributed by atoms with Crippen LogP contribution in [0.2, 0.25) is 0 Å². The molecule has 0 radical (unpaired) electrons. The molecule has 0 unspecified atom stereocenters. The van der Waals surface area contributed by atoms with Crippen LogP contribution in [0.4, 0.5) is 0 Å². The third kappa shape index (κ3) is 3.60. The Labute approximate surface area is 108 Å². The highest BCUT2D eigenvalue weighted by molar-refractivity contribution is 6.27. The summed E-state index contributed by atoms with van der Waals surface area (Å²) < 4.78 is 0. The molecule has 0 aliphatic carbocycles. The minimum absolute atomic E-state index is 0.0260. The van der Waals surface area contributed by atoms with E-state index >= 15 is 0 Å². The van der Waals surface area contributed by atoms with Gasteiger partial charge in [0.15, 0.2) is 0 Å². The van der Waals surface area contributed by atoms with Gasteiger partial charge in [0.05, 0.1) is 0 Å². The van der Waals surface area contributed by atoms with Crippen LogP contribution in [-0.2, 0) is 9.59 Å². The van der Waals surface area contributed by atoms with Crippen LogP contribution in [0.15, 0.2) is 0 Å². The van der Waals surface area contributed by atoms with Gasteiger partial charge in [-0.2, -0.15) is 0 Å². The van der Waals surface area contributed by atoms with E-state index < -0.39 is 0 Å². The molecule has 4 nitrogen and oxygen atoms in total. The topological polar surface area (TPSA) is 40.6 Å². The molecule has 0 spiro atoms. The van der Waals surface area contributed by atoms with E-state index in [9.17, 15) is 9.59 Å². The van der Waals surface area contributed by atoms with Gasteiger partial charge in [-0.1, -0.05) is 0 Å². The number of alkyl halides is 1. The molecule has 0 bridgehead atoms. The van der Waals surface area contributed by atoms with Gasteiger partial charge in [0.2, 0.25) is 11.8 Å². The molecule has 1 saturated heterocycles. The maximum Gasteiger partial charge on any atom is 0.237 e. The molecule has 0 aromatic heterocycles. The number of hydrogen-bond acceptors (Lipinski definition) is 2. The van der Waals surface area contributed by atoms with Gasteiger partial charge in [-0.15, -0.1) is 11.6 Å². The van der Waals surface area contributed by atoms with Crippen LogP contribution in [-0.4, -0.2) is 52.7 Å². The predicted octanol–water partition coefficient (Wildman–Crippen LogP) is 1.47. The van der Waals surface area contributed by atoms with Gasteiger partial charge in [-0.05, 0) is 26.7 Å². The molecule has 1 fully saturated rings. The van der Waals surface area contributed by atoms with Gasteiger partial charge in [-0.25, -0.2) is 0 Å². The molecule has 17 heavy (non-hydrogen) atoms. The zero-order valence-electron chi connectivity index (χ0n) is 10.8. The predicted molar refractivity (Wildman–Crippen MR) is 68.0 cm³/mol. The monoisotopic (exact) mass is 260 g/mol. The minimum atomic E-state index is -0.0265. The number of halogens is 1. The third-order valence-corrected chi connectivity index (χ3v) is 3.48. The fourth-order valence-electron chi connectivity index (χ4n) is 2.36. The smallest absolute Gasteiger partial charge is 0.237 e. The highest BCUT2D eigenvalue weighted by Gasteiger charge is 2.30. The second kappa shape index (κ2) is 6.24. The number of likely N-dealkylation sites (tertiary alicyclic amines) is 1. The van der Waals surface area contributed by atoms with Gasteiger partial charge in [-0.3, -0.25) is 9.59 Å². The maximum atomic E-state index is 11.6. The van der Waals surface area contributed by atoms with Gasteiger partial charge in [0.1, 0.15) is 5.88 Å². The Bertz CT molecular complexity index is 294. The second-order valence-corrected chi connectivity index (χ2v) is 5.05. The van der Waals surface area contributed by atoms with Crippen LogP contribution in [0.3, 0.4) is 0 Å². The first-order valence-corrected chi connectivity index (χ1v) is 6.63. The SMILES string of the molecule is CC(=O)N(C[C@@H]1CCCN1C(=O)CCl)C(C)C. The largest absolute Gasteiger partial charge is 0.338 e. The van der Waals surface area contributed by atoms with Crippen LogP contribution in [0.5, 0.6) is 0 Å². The lowest BCUT2D eigenvalue weighted by Gasteiger charge is -2.32. The Morgan fingerprint density at radius 2 is 2.12 bits per heavy atom. The van der Waals surface area contributed by atoms with Crippen molar-refractivity contribution in [2.24, 2.45) is 0 Å². The van der Waals surface area contributed by atoms with Crippen molar-refractivity contribution < 1.29 is 9.59 Å². The molecule has 5 heteroatoms. The van der Waals surface area contributed by atoms with Crippen molar-refractivity contribution in [2.75, 3.05) is 19.0 Å². The molecule has 98 valence electrons. The third-order valence-electron chi connectivity index (χ3n) is 3.25. The number of amides is 2. The zero-order valence-corrected chi connectivity index (χ0v) is 11.5. The Morgan fingerprint density at radius 3 is 2.59 bits per heavy atom. The van der Waals surface area contributed by atoms with Crippen LogP contribution in [0.25, 0.3) is 0 Å². The molecular formula is C12H21ClN2O2. The van der Waals surface area contributed by atoms with E-state index in [1.54, 1.807) is 6.92 Å². The summed E-state index contributed by atoms with van der Waals surface area (Å²) >= 11 is 5.59. The zero-order chi connectivity index (χ0) is 13.0. The Morgan fingerprint density at radius 1 is 1.47 bits per heavy atom. The van der Waals surface area contributed by atoms with Gasteiger partial charge in [0, 0.05) is 32.1 Å². The normalized spacial score (nSPS) is 19.8. The summed E-state index contributed by atoms with van der Waals surface area (Å²) in [5, 5.41) is 0. The van der Waals surface area contributed by atoms with E-state index in [1.807, 2.05) is 23.6 Å². The van der Waals surface area contributed by atoms with Crippen molar-refractivity contribution in [1.82, 2.24) is 9.80 Å².